The van der Waals surface area contributed by atoms with Crippen LogP contribution in [0.4, 0.5) is 0 Å². The summed E-state index contributed by atoms with van der Waals surface area (Å²) in [5.41, 5.74) is 1.08. The Morgan fingerprint density at radius 2 is 1.65 bits per heavy atom. The smallest absolute Gasteiger partial charge is 0.230 e. The fraction of sp³-hybridized carbons (Fsp3) is 0.636. The molecule has 140 valence electrons. The minimum absolute atomic E-state index is 0.0156. The van der Waals surface area contributed by atoms with Crippen molar-refractivity contribution in [3.8, 4) is 0 Å². The van der Waals surface area contributed by atoms with Gasteiger partial charge in [0.2, 0.25) is 5.91 Å². The van der Waals surface area contributed by atoms with E-state index in [2.05, 4.69) is 5.32 Å². The summed E-state index contributed by atoms with van der Waals surface area (Å²) in [5.74, 6) is 3.24. The monoisotopic (exact) mass is 371 g/mol. The second kappa shape index (κ2) is 7.38. The van der Waals surface area contributed by atoms with Gasteiger partial charge in [-0.1, -0.05) is 30.3 Å². The zero-order valence-electron chi connectivity index (χ0n) is 15.6. The highest BCUT2D eigenvalue weighted by Crippen LogP contribution is 2.60. The summed E-state index contributed by atoms with van der Waals surface area (Å²) < 4.78 is 0.344. The molecule has 1 N–H and O–H groups in total. The number of amides is 1. The number of hydrogen-bond acceptors (Lipinski definition) is 3. The van der Waals surface area contributed by atoms with Crippen molar-refractivity contribution in [2.75, 3.05) is 5.75 Å². The van der Waals surface area contributed by atoms with Gasteiger partial charge in [0.25, 0.3) is 0 Å². The fourth-order valence-electron chi connectivity index (χ4n) is 5.81. The molecule has 0 unspecified atom stereocenters. The van der Waals surface area contributed by atoms with E-state index in [9.17, 15) is 9.59 Å². The van der Waals surface area contributed by atoms with E-state index in [1.807, 2.05) is 42.1 Å². The first kappa shape index (κ1) is 18.1. The number of rotatable bonds is 7. The summed E-state index contributed by atoms with van der Waals surface area (Å²) in [7, 11) is 0. The lowest BCUT2D eigenvalue weighted by molar-refractivity contribution is -0.125. The Kier molecular flexibility index (Phi) is 5.13. The van der Waals surface area contributed by atoms with Crippen molar-refractivity contribution in [1.29, 1.82) is 0 Å². The maximum atomic E-state index is 12.6. The van der Waals surface area contributed by atoms with Crippen molar-refractivity contribution in [3.63, 3.8) is 0 Å². The van der Waals surface area contributed by atoms with E-state index in [1.54, 1.807) is 6.92 Å². The SMILES string of the molecule is CC(=O)[C@H](Cc1ccccc1)NC(=O)CSC12CC3CC(CC(C3)C1)C2. The van der Waals surface area contributed by atoms with Gasteiger partial charge >= 0.3 is 0 Å². The average molecular weight is 372 g/mol. The van der Waals surface area contributed by atoms with Crippen LogP contribution in [-0.4, -0.2) is 28.2 Å². The molecule has 0 radical (unpaired) electrons. The summed E-state index contributed by atoms with van der Waals surface area (Å²) in [4.78, 5) is 24.5. The summed E-state index contributed by atoms with van der Waals surface area (Å²) >= 11 is 1.88. The number of Topliss-reactive ketones (excluding diaryl/α,β-unsaturated/α-hetero) is 1. The molecule has 0 saturated heterocycles. The third kappa shape index (κ3) is 4.00. The molecule has 1 aromatic rings. The van der Waals surface area contributed by atoms with Crippen molar-refractivity contribution in [2.24, 2.45) is 17.8 Å². The van der Waals surface area contributed by atoms with Crippen molar-refractivity contribution >= 4 is 23.5 Å². The molecule has 3 nitrogen and oxygen atoms in total. The predicted molar refractivity (Wildman–Crippen MR) is 106 cm³/mol. The third-order valence-corrected chi connectivity index (χ3v) is 8.12. The van der Waals surface area contributed by atoms with E-state index in [4.69, 9.17) is 0 Å². The predicted octanol–water partition coefficient (Wildman–Crippen LogP) is 4.00. The van der Waals surface area contributed by atoms with Gasteiger partial charge in [-0.15, -0.1) is 11.8 Å². The van der Waals surface area contributed by atoms with E-state index < -0.39 is 6.04 Å². The first-order valence-corrected chi connectivity index (χ1v) is 11.0. The highest BCUT2D eigenvalue weighted by molar-refractivity contribution is 8.01. The topological polar surface area (TPSA) is 46.2 Å². The van der Waals surface area contributed by atoms with Crippen LogP contribution in [0.3, 0.4) is 0 Å². The first-order chi connectivity index (χ1) is 12.5. The minimum atomic E-state index is -0.415. The number of benzene rings is 1. The second-order valence-electron chi connectivity index (χ2n) is 8.81. The van der Waals surface area contributed by atoms with Gasteiger partial charge in [-0.05, 0) is 75.2 Å². The Morgan fingerprint density at radius 3 is 2.19 bits per heavy atom. The summed E-state index contributed by atoms with van der Waals surface area (Å²) in [6, 6.07) is 9.50. The highest BCUT2D eigenvalue weighted by atomic mass is 32.2. The normalized spacial score (nSPS) is 33.0. The lowest BCUT2D eigenvalue weighted by atomic mass is 9.56. The molecule has 4 fully saturated rings. The van der Waals surface area contributed by atoms with E-state index in [0.29, 0.717) is 16.9 Å². The molecule has 1 atom stereocenters. The molecule has 0 aromatic heterocycles. The Bertz CT molecular complexity index is 637. The van der Waals surface area contributed by atoms with E-state index in [1.165, 1.54) is 38.5 Å². The van der Waals surface area contributed by atoms with Crippen LogP contribution in [0, 0.1) is 17.8 Å². The fourth-order valence-corrected chi connectivity index (χ4v) is 7.39. The van der Waals surface area contributed by atoms with Crippen molar-refractivity contribution < 1.29 is 9.59 Å². The molecule has 0 heterocycles. The summed E-state index contributed by atoms with van der Waals surface area (Å²) in [6.07, 6.45) is 8.76. The van der Waals surface area contributed by atoms with Crippen LogP contribution < -0.4 is 5.32 Å². The van der Waals surface area contributed by atoms with Crippen LogP contribution >= 0.6 is 11.8 Å². The molecule has 4 saturated carbocycles. The van der Waals surface area contributed by atoms with Crippen LogP contribution in [0.15, 0.2) is 30.3 Å². The van der Waals surface area contributed by atoms with Gasteiger partial charge in [0, 0.05) is 4.75 Å². The van der Waals surface area contributed by atoms with Gasteiger partial charge < -0.3 is 5.32 Å². The molecule has 1 amide bonds. The van der Waals surface area contributed by atoms with E-state index in [0.717, 1.165) is 23.3 Å². The lowest BCUT2D eigenvalue weighted by Crippen LogP contribution is -2.49. The number of nitrogens with one attached hydrogen (secondary N) is 1. The van der Waals surface area contributed by atoms with Gasteiger partial charge in [-0.25, -0.2) is 0 Å². The van der Waals surface area contributed by atoms with Gasteiger partial charge in [-0.3, -0.25) is 9.59 Å². The van der Waals surface area contributed by atoms with Gasteiger partial charge in [0.1, 0.15) is 0 Å². The van der Waals surface area contributed by atoms with Crippen LogP contribution in [0.2, 0.25) is 0 Å². The van der Waals surface area contributed by atoms with E-state index >= 15 is 0 Å². The summed E-state index contributed by atoms with van der Waals surface area (Å²) in [5, 5.41) is 2.99. The second-order valence-corrected chi connectivity index (χ2v) is 10.3. The molecule has 4 aliphatic rings. The van der Waals surface area contributed by atoms with Crippen LogP contribution in [0.1, 0.15) is 51.0 Å². The van der Waals surface area contributed by atoms with Crippen molar-refractivity contribution in [3.05, 3.63) is 35.9 Å². The Morgan fingerprint density at radius 1 is 1.08 bits per heavy atom. The standard InChI is InChI=1S/C22H29NO2S/c1-15(24)20(10-16-5-3-2-4-6-16)23-21(25)14-26-22-11-17-7-18(12-22)9-19(8-17)13-22/h2-6,17-20H,7-14H2,1H3,(H,23,25)/t17?,18?,19?,20-,22?/m0/s1. The molecule has 0 aliphatic heterocycles. The minimum Gasteiger partial charge on any atom is -0.345 e. The molecule has 5 rings (SSSR count). The zero-order chi connectivity index (χ0) is 18.1. The zero-order valence-corrected chi connectivity index (χ0v) is 16.4. The molecular formula is C22H29NO2S. The largest absolute Gasteiger partial charge is 0.345 e. The van der Waals surface area contributed by atoms with Crippen molar-refractivity contribution in [1.82, 2.24) is 5.32 Å². The number of carbonyl (C=O) groups is 2. The van der Waals surface area contributed by atoms with Gasteiger partial charge in [-0.2, -0.15) is 0 Å². The third-order valence-electron chi connectivity index (χ3n) is 6.60. The number of thioether (sulfide) groups is 1. The number of hydrogen-bond donors (Lipinski definition) is 1. The Balaban J connectivity index is 1.32. The molecule has 4 bridgehead atoms. The number of ketones is 1. The molecular weight excluding hydrogens is 342 g/mol. The summed E-state index contributed by atoms with van der Waals surface area (Å²) in [6.45, 7) is 1.57. The maximum absolute atomic E-state index is 12.6. The average Bonchev–Trinajstić information content (AvgIpc) is 2.59. The Labute approximate surface area is 160 Å². The Hall–Kier alpha value is -1.29. The lowest BCUT2D eigenvalue weighted by Gasteiger charge is -2.56. The molecule has 4 heteroatoms. The molecule has 0 spiro atoms. The molecule has 26 heavy (non-hydrogen) atoms. The van der Waals surface area contributed by atoms with Crippen LogP contribution in [0.5, 0.6) is 0 Å². The van der Waals surface area contributed by atoms with Crippen molar-refractivity contribution in [2.45, 2.75) is 62.7 Å². The van der Waals surface area contributed by atoms with E-state index in [-0.39, 0.29) is 11.7 Å². The van der Waals surface area contributed by atoms with Crippen LogP contribution in [0.25, 0.3) is 0 Å². The molecule has 1 aromatic carbocycles. The van der Waals surface area contributed by atoms with Gasteiger partial charge in [0.15, 0.2) is 5.78 Å². The number of carbonyl (C=O) groups excluding carboxylic acids is 2. The first-order valence-electron chi connectivity index (χ1n) is 9.99. The maximum Gasteiger partial charge on any atom is 0.230 e. The van der Waals surface area contributed by atoms with Gasteiger partial charge in [0.05, 0.1) is 11.8 Å². The van der Waals surface area contributed by atoms with Crippen LogP contribution in [-0.2, 0) is 16.0 Å². The highest BCUT2D eigenvalue weighted by Gasteiger charge is 2.51. The molecule has 4 aliphatic carbocycles. The quantitative estimate of drug-likeness (QED) is 0.788.